The number of aliphatic hydroxyl groups excluding tert-OH is 1. The summed E-state index contributed by atoms with van der Waals surface area (Å²) in [4.78, 5) is 6.60. The van der Waals surface area contributed by atoms with Gasteiger partial charge in [0.15, 0.2) is 5.65 Å². The molecule has 0 radical (unpaired) electrons. The zero-order chi connectivity index (χ0) is 15.2. The molecule has 4 rings (SSSR count). The Bertz CT molecular complexity index is 679. The van der Waals surface area contributed by atoms with Crippen molar-refractivity contribution in [1.29, 1.82) is 0 Å². The van der Waals surface area contributed by atoms with Gasteiger partial charge in [0, 0.05) is 25.8 Å². The summed E-state index contributed by atoms with van der Waals surface area (Å²) in [5.74, 6) is 1.19. The average molecular weight is 304 g/mol. The fourth-order valence-electron chi connectivity index (χ4n) is 3.50. The van der Waals surface area contributed by atoms with E-state index in [9.17, 15) is 5.11 Å². The van der Waals surface area contributed by atoms with Gasteiger partial charge in [0.05, 0.1) is 11.7 Å². The summed E-state index contributed by atoms with van der Waals surface area (Å²) in [7, 11) is 0. The normalized spacial score (nSPS) is 25.0. The lowest BCUT2D eigenvalue weighted by Gasteiger charge is -2.47. The van der Waals surface area contributed by atoms with Crippen LogP contribution in [-0.4, -0.2) is 56.1 Å². The summed E-state index contributed by atoms with van der Waals surface area (Å²) in [6.45, 7) is 2.32. The second kappa shape index (κ2) is 5.06. The Labute approximate surface area is 127 Å². The van der Waals surface area contributed by atoms with Crippen LogP contribution in [-0.2, 0) is 4.74 Å². The molecule has 0 saturated carbocycles. The molecule has 118 valence electrons. The van der Waals surface area contributed by atoms with E-state index in [1.165, 1.54) is 0 Å². The van der Waals surface area contributed by atoms with E-state index in [1.807, 2.05) is 6.07 Å². The molecule has 3 N–H and O–H groups in total. The Morgan fingerprint density at radius 3 is 2.95 bits per heavy atom. The number of ether oxygens (including phenoxy) is 1. The fraction of sp³-hybridized carbons (Fsp3) is 0.643. The molecule has 2 saturated heterocycles. The van der Waals surface area contributed by atoms with Gasteiger partial charge in [0.1, 0.15) is 12.1 Å². The van der Waals surface area contributed by atoms with Crippen molar-refractivity contribution in [2.24, 2.45) is 0 Å². The minimum atomic E-state index is -0.376. The van der Waals surface area contributed by atoms with Crippen LogP contribution in [0.4, 0.5) is 11.8 Å². The summed E-state index contributed by atoms with van der Waals surface area (Å²) in [6, 6.07) is 1.89. The highest BCUT2D eigenvalue weighted by atomic mass is 16.5. The topological polar surface area (TPSA) is 102 Å². The maximum absolute atomic E-state index is 10.3. The van der Waals surface area contributed by atoms with E-state index in [1.54, 1.807) is 10.7 Å². The first kappa shape index (κ1) is 13.7. The third-order valence-corrected chi connectivity index (χ3v) is 4.86. The van der Waals surface area contributed by atoms with E-state index < -0.39 is 0 Å². The number of aromatic nitrogens is 4. The minimum Gasteiger partial charge on any atom is -0.390 e. The van der Waals surface area contributed by atoms with Gasteiger partial charge in [0.2, 0.25) is 5.95 Å². The van der Waals surface area contributed by atoms with Crippen molar-refractivity contribution < 1.29 is 9.84 Å². The first-order valence-electron chi connectivity index (χ1n) is 7.71. The molecule has 0 aromatic carbocycles. The Hall–Kier alpha value is -1.93. The highest BCUT2D eigenvalue weighted by Gasteiger charge is 2.43. The van der Waals surface area contributed by atoms with Crippen molar-refractivity contribution in [3.63, 3.8) is 0 Å². The number of hydrogen-bond donors (Lipinski definition) is 2. The fourth-order valence-corrected chi connectivity index (χ4v) is 3.50. The van der Waals surface area contributed by atoms with E-state index in [-0.39, 0.29) is 11.7 Å². The number of rotatable bonds is 1. The zero-order valence-corrected chi connectivity index (χ0v) is 12.4. The number of nitrogens with zero attached hydrogens (tertiary/aromatic N) is 5. The summed E-state index contributed by atoms with van der Waals surface area (Å²) < 4.78 is 7.59. The van der Waals surface area contributed by atoms with E-state index in [0.717, 1.165) is 51.2 Å². The Balaban J connectivity index is 1.55. The van der Waals surface area contributed by atoms with Gasteiger partial charge in [-0.25, -0.2) is 0 Å². The molecular weight excluding hydrogens is 284 g/mol. The van der Waals surface area contributed by atoms with Gasteiger partial charge in [0.25, 0.3) is 0 Å². The molecule has 8 heteroatoms. The molecule has 0 amide bonds. The molecule has 1 atom stereocenters. The van der Waals surface area contributed by atoms with Gasteiger partial charge in [-0.3, -0.25) is 4.40 Å². The maximum atomic E-state index is 10.3. The summed E-state index contributed by atoms with van der Waals surface area (Å²) in [5.41, 5.74) is 6.26. The largest absolute Gasteiger partial charge is 0.390 e. The van der Waals surface area contributed by atoms with Crippen LogP contribution in [0.25, 0.3) is 5.65 Å². The van der Waals surface area contributed by atoms with Crippen LogP contribution in [0.5, 0.6) is 0 Å². The molecule has 8 nitrogen and oxygen atoms in total. The SMILES string of the molecule is Nc1nc(N2CCC3(CC2)OCCC[C@H]3O)cc2nncn12. The van der Waals surface area contributed by atoms with Gasteiger partial charge >= 0.3 is 0 Å². The van der Waals surface area contributed by atoms with Gasteiger partial charge in [-0.2, -0.15) is 4.98 Å². The lowest BCUT2D eigenvalue weighted by Crippen LogP contribution is -2.55. The molecule has 22 heavy (non-hydrogen) atoms. The standard InChI is InChI=1S/C14H20N6O2/c15-13-17-11(8-12-18-16-9-20(12)13)19-5-3-14(4-6-19)10(21)2-1-7-22-14/h8-10,21H,1-7H2,(H2,15,17)/t10-/m1/s1. The molecule has 4 heterocycles. The number of piperidine rings is 1. The van der Waals surface area contributed by atoms with E-state index >= 15 is 0 Å². The van der Waals surface area contributed by atoms with Crippen LogP contribution in [0.1, 0.15) is 25.7 Å². The van der Waals surface area contributed by atoms with E-state index in [2.05, 4.69) is 20.1 Å². The predicted octanol–water partition coefficient (Wildman–Crippen LogP) is 0.217. The van der Waals surface area contributed by atoms with Crippen molar-refractivity contribution in [3.05, 3.63) is 12.4 Å². The Kier molecular flexibility index (Phi) is 3.16. The number of nitrogens with two attached hydrogens (primary N) is 1. The molecule has 1 spiro atoms. The molecule has 2 aliphatic rings. The number of aliphatic hydroxyl groups is 1. The molecule has 2 fully saturated rings. The summed E-state index contributed by atoms with van der Waals surface area (Å²) in [5, 5.41) is 18.2. The van der Waals surface area contributed by atoms with Crippen LogP contribution in [0.2, 0.25) is 0 Å². The molecule has 2 aromatic heterocycles. The number of fused-ring (bicyclic) bond motifs is 1. The van der Waals surface area contributed by atoms with Crippen molar-refractivity contribution in [1.82, 2.24) is 19.6 Å². The third-order valence-electron chi connectivity index (χ3n) is 4.86. The first-order valence-corrected chi connectivity index (χ1v) is 7.71. The van der Waals surface area contributed by atoms with Crippen LogP contribution in [0.3, 0.4) is 0 Å². The van der Waals surface area contributed by atoms with Crippen molar-refractivity contribution in [2.45, 2.75) is 37.4 Å². The first-order chi connectivity index (χ1) is 10.7. The van der Waals surface area contributed by atoms with Crippen molar-refractivity contribution >= 4 is 17.4 Å². The van der Waals surface area contributed by atoms with Crippen molar-refractivity contribution in [3.8, 4) is 0 Å². The van der Waals surface area contributed by atoms with Gasteiger partial charge in [-0.05, 0) is 25.7 Å². The Morgan fingerprint density at radius 2 is 2.18 bits per heavy atom. The quantitative estimate of drug-likeness (QED) is 0.777. The number of hydrogen-bond acceptors (Lipinski definition) is 7. The van der Waals surface area contributed by atoms with Crippen LogP contribution in [0, 0.1) is 0 Å². The molecular formula is C14H20N6O2. The zero-order valence-electron chi connectivity index (χ0n) is 12.4. The molecule has 2 aromatic rings. The maximum Gasteiger partial charge on any atom is 0.209 e. The van der Waals surface area contributed by atoms with E-state index in [0.29, 0.717) is 11.6 Å². The molecule has 0 unspecified atom stereocenters. The predicted molar refractivity (Wildman–Crippen MR) is 80.6 cm³/mol. The summed E-state index contributed by atoms with van der Waals surface area (Å²) in [6.07, 6.45) is 4.56. The van der Waals surface area contributed by atoms with Gasteiger partial charge in [-0.15, -0.1) is 10.2 Å². The number of nitrogen functional groups attached to an aromatic ring is 1. The second-order valence-corrected chi connectivity index (χ2v) is 6.09. The van der Waals surface area contributed by atoms with Gasteiger partial charge < -0.3 is 20.5 Å². The van der Waals surface area contributed by atoms with Crippen LogP contribution in [0.15, 0.2) is 12.4 Å². The molecule has 0 bridgehead atoms. The summed E-state index contributed by atoms with van der Waals surface area (Å²) >= 11 is 0. The van der Waals surface area contributed by atoms with Gasteiger partial charge in [-0.1, -0.05) is 0 Å². The van der Waals surface area contributed by atoms with Crippen molar-refractivity contribution in [2.75, 3.05) is 30.3 Å². The highest BCUT2D eigenvalue weighted by Crippen LogP contribution is 2.36. The molecule has 2 aliphatic heterocycles. The minimum absolute atomic E-state index is 0.361. The second-order valence-electron chi connectivity index (χ2n) is 6.09. The average Bonchev–Trinajstić information content (AvgIpc) is 3.00. The smallest absolute Gasteiger partial charge is 0.209 e. The number of anilines is 2. The monoisotopic (exact) mass is 304 g/mol. The lowest BCUT2D eigenvalue weighted by molar-refractivity contribution is -0.164. The van der Waals surface area contributed by atoms with E-state index in [4.69, 9.17) is 10.5 Å². The van der Waals surface area contributed by atoms with Crippen LogP contribution < -0.4 is 10.6 Å². The van der Waals surface area contributed by atoms with Crippen LogP contribution >= 0.6 is 0 Å². The highest BCUT2D eigenvalue weighted by molar-refractivity contribution is 5.55. The molecule has 0 aliphatic carbocycles. The lowest BCUT2D eigenvalue weighted by atomic mass is 9.82. The Morgan fingerprint density at radius 1 is 1.36 bits per heavy atom. The third kappa shape index (κ3) is 2.10.